The maximum atomic E-state index is 12.7. The summed E-state index contributed by atoms with van der Waals surface area (Å²) >= 11 is 0. The summed E-state index contributed by atoms with van der Waals surface area (Å²) in [4.78, 5) is 37.8. The summed E-state index contributed by atoms with van der Waals surface area (Å²) in [6.45, 7) is 6.47. The highest BCUT2D eigenvalue weighted by Gasteiger charge is 2.19. The molecule has 6 heteroatoms. The van der Waals surface area contributed by atoms with Crippen molar-refractivity contribution >= 4 is 17.9 Å². The van der Waals surface area contributed by atoms with Gasteiger partial charge in [-0.3, -0.25) is 14.4 Å². The Morgan fingerprint density at radius 3 is 1.11 bits per heavy atom. The van der Waals surface area contributed by atoms with Gasteiger partial charge in [0.05, 0.1) is 0 Å². The van der Waals surface area contributed by atoms with Gasteiger partial charge in [0.15, 0.2) is 6.10 Å². The first-order chi connectivity index (χ1) is 28.0. The van der Waals surface area contributed by atoms with Crippen LogP contribution in [0.2, 0.25) is 0 Å². The maximum Gasteiger partial charge on any atom is 0.306 e. The van der Waals surface area contributed by atoms with Crippen molar-refractivity contribution < 1.29 is 28.6 Å². The number of carbonyl (C=O) groups is 3. The molecule has 0 aromatic heterocycles. The van der Waals surface area contributed by atoms with Crippen molar-refractivity contribution in [1.29, 1.82) is 0 Å². The van der Waals surface area contributed by atoms with Gasteiger partial charge in [-0.2, -0.15) is 0 Å². The first-order valence-electron chi connectivity index (χ1n) is 23.8. The van der Waals surface area contributed by atoms with Crippen LogP contribution < -0.4 is 0 Å². The first-order valence-corrected chi connectivity index (χ1v) is 23.8. The number of allylic oxidation sites excluding steroid dienone is 10. The molecule has 6 nitrogen and oxygen atoms in total. The minimum absolute atomic E-state index is 0.0893. The lowest BCUT2D eigenvalue weighted by Gasteiger charge is -2.18. The monoisotopic (exact) mass is 797 g/mol. The Kier molecular flexibility index (Phi) is 43.5. The zero-order chi connectivity index (χ0) is 41.5. The van der Waals surface area contributed by atoms with Crippen LogP contribution in [-0.4, -0.2) is 37.2 Å². The SMILES string of the molecule is CCC/C=C\C/C=C\CCCCCCCC(=O)OC(COC(=O)CCCCCCC/C=C\C/C=C\CCCC)COC(=O)CCCCCCC/C=C\CCCCC. The summed E-state index contributed by atoms with van der Waals surface area (Å²) in [5.74, 6) is -0.928. The van der Waals surface area contributed by atoms with E-state index in [1.807, 2.05) is 0 Å². The zero-order valence-corrected chi connectivity index (χ0v) is 37.3. The molecule has 0 spiro atoms. The summed E-state index contributed by atoms with van der Waals surface area (Å²) in [6.07, 6.45) is 54.8. The van der Waals surface area contributed by atoms with Crippen LogP contribution in [-0.2, 0) is 28.6 Å². The summed E-state index contributed by atoms with van der Waals surface area (Å²) in [5.41, 5.74) is 0. The van der Waals surface area contributed by atoms with Crippen LogP contribution in [0, 0.1) is 0 Å². The van der Waals surface area contributed by atoms with Crippen molar-refractivity contribution in [3.8, 4) is 0 Å². The van der Waals surface area contributed by atoms with E-state index < -0.39 is 6.10 Å². The van der Waals surface area contributed by atoms with Gasteiger partial charge < -0.3 is 14.2 Å². The fourth-order valence-electron chi connectivity index (χ4n) is 6.31. The smallest absolute Gasteiger partial charge is 0.306 e. The average molecular weight is 797 g/mol. The molecule has 0 aliphatic heterocycles. The Labute approximate surface area is 351 Å². The Bertz CT molecular complexity index is 1050. The summed E-state index contributed by atoms with van der Waals surface area (Å²) < 4.78 is 16.7. The van der Waals surface area contributed by atoms with Crippen molar-refractivity contribution in [2.45, 2.75) is 232 Å². The Balaban J connectivity index is 4.44. The molecule has 0 amide bonds. The second-order valence-electron chi connectivity index (χ2n) is 15.7. The third-order valence-electron chi connectivity index (χ3n) is 9.95. The predicted octanol–water partition coefficient (Wildman–Crippen LogP) is 15.3. The van der Waals surface area contributed by atoms with Gasteiger partial charge >= 0.3 is 17.9 Å². The molecule has 0 aromatic carbocycles. The molecule has 0 aliphatic carbocycles. The van der Waals surface area contributed by atoms with Crippen LogP contribution in [0.1, 0.15) is 226 Å². The molecule has 0 bridgehead atoms. The highest BCUT2D eigenvalue weighted by molar-refractivity contribution is 5.71. The van der Waals surface area contributed by atoms with Crippen molar-refractivity contribution in [3.05, 3.63) is 60.8 Å². The lowest BCUT2D eigenvalue weighted by atomic mass is 10.1. The topological polar surface area (TPSA) is 78.9 Å². The van der Waals surface area contributed by atoms with E-state index in [0.717, 1.165) is 116 Å². The van der Waals surface area contributed by atoms with Crippen molar-refractivity contribution in [2.75, 3.05) is 13.2 Å². The van der Waals surface area contributed by atoms with E-state index in [1.54, 1.807) is 0 Å². The minimum Gasteiger partial charge on any atom is -0.462 e. The van der Waals surface area contributed by atoms with Crippen LogP contribution in [0.3, 0.4) is 0 Å². The Hall–Kier alpha value is -2.89. The van der Waals surface area contributed by atoms with Gasteiger partial charge in [0.25, 0.3) is 0 Å². The number of hydrogen-bond donors (Lipinski definition) is 0. The quantitative estimate of drug-likeness (QED) is 0.0265. The van der Waals surface area contributed by atoms with E-state index in [2.05, 4.69) is 81.5 Å². The van der Waals surface area contributed by atoms with E-state index in [9.17, 15) is 14.4 Å². The molecule has 0 fully saturated rings. The second kappa shape index (κ2) is 45.8. The predicted molar refractivity (Wildman–Crippen MR) is 242 cm³/mol. The van der Waals surface area contributed by atoms with E-state index in [-0.39, 0.29) is 31.1 Å². The van der Waals surface area contributed by atoms with Gasteiger partial charge in [-0.15, -0.1) is 0 Å². The molecule has 0 aliphatic rings. The van der Waals surface area contributed by atoms with Crippen molar-refractivity contribution in [3.63, 3.8) is 0 Å². The molecule has 1 atom stereocenters. The van der Waals surface area contributed by atoms with Gasteiger partial charge in [-0.1, -0.05) is 171 Å². The van der Waals surface area contributed by atoms with E-state index >= 15 is 0 Å². The van der Waals surface area contributed by atoms with Crippen LogP contribution >= 0.6 is 0 Å². The zero-order valence-electron chi connectivity index (χ0n) is 37.3. The van der Waals surface area contributed by atoms with Gasteiger partial charge in [0, 0.05) is 19.3 Å². The standard InChI is InChI=1S/C51H88O6/c1-4-7-10-13-16-19-22-25-27-29-32-35-38-41-44-50(53)56-47-48(46-55-49(52)43-40-37-34-31-28-24-21-18-15-12-9-6-3)57-51(54)45-42-39-36-33-30-26-23-20-17-14-11-8-5-2/h11,13-14,16,18,20-23,25,48H,4-10,12,15,17,19,24,26-47H2,1-3H3/b14-11-,16-13-,21-18-,23-20-,25-22-. The summed E-state index contributed by atoms with van der Waals surface area (Å²) in [7, 11) is 0. The van der Waals surface area contributed by atoms with Crippen LogP contribution in [0.25, 0.3) is 0 Å². The number of carbonyl (C=O) groups excluding carboxylic acids is 3. The lowest BCUT2D eigenvalue weighted by Crippen LogP contribution is -2.30. The molecule has 0 aromatic rings. The molecule has 328 valence electrons. The molecule has 57 heavy (non-hydrogen) atoms. The van der Waals surface area contributed by atoms with Gasteiger partial charge in [-0.05, 0) is 96.3 Å². The molecule has 0 heterocycles. The minimum atomic E-state index is -0.788. The molecule has 0 N–H and O–H groups in total. The van der Waals surface area contributed by atoms with E-state index in [0.29, 0.717) is 19.3 Å². The third kappa shape index (κ3) is 44.1. The molecular formula is C51H88O6. The summed E-state index contributed by atoms with van der Waals surface area (Å²) in [6, 6.07) is 0. The Morgan fingerprint density at radius 1 is 0.351 bits per heavy atom. The highest BCUT2D eigenvalue weighted by Crippen LogP contribution is 2.13. The molecule has 0 saturated carbocycles. The van der Waals surface area contributed by atoms with Crippen LogP contribution in [0.5, 0.6) is 0 Å². The molecule has 1 unspecified atom stereocenters. The summed E-state index contributed by atoms with van der Waals surface area (Å²) in [5, 5.41) is 0. The fraction of sp³-hybridized carbons (Fsp3) is 0.745. The normalized spacial score (nSPS) is 12.5. The van der Waals surface area contributed by atoms with Gasteiger partial charge in [0.2, 0.25) is 0 Å². The molecule has 0 saturated heterocycles. The number of ether oxygens (including phenoxy) is 3. The van der Waals surface area contributed by atoms with E-state index in [4.69, 9.17) is 14.2 Å². The third-order valence-corrected chi connectivity index (χ3v) is 9.95. The Morgan fingerprint density at radius 2 is 0.684 bits per heavy atom. The van der Waals surface area contributed by atoms with Gasteiger partial charge in [0.1, 0.15) is 13.2 Å². The van der Waals surface area contributed by atoms with Crippen molar-refractivity contribution in [2.24, 2.45) is 0 Å². The van der Waals surface area contributed by atoms with Crippen LogP contribution in [0.15, 0.2) is 60.8 Å². The lowest BCUT2D eigenvalue weighted by molar-refractivity contribution is -0.167. The number of hydrogen-bond acceptors (Lipinski definition) is 6. The molecule has 0 radical (unpaired) electrons. The van der Waals surface area contributed by atoms with Gasteiger partial charge in [-0.25, -0.2) is 0 Å². The fourth-order valence-corrected chi connectivity index (χ4v) is 6.31. The maximum absolute atomic E-state index is 12.7. The molecular weight excluding hydrogens is 709 g/mol. The first kappa shape index (κ1) is 54.1. The number of esters is 3. The van der Waals surface area contributed by atoms with Crippen molar-refractivity contribution in [1.82, 2.24) is 0 Å². The average Bonchev–Trinajstić information content (AvgIpc) is 3.21. The second-order valence-corrected chi connectivity index (χ2v) is 15.7. The highest BCUT2D eigenvalue weighted by atomic mass is 16.6. The molecule has 0 rings (SSSR count). The number of rotatable bonds is 42. The van der Waals surface area contributed by atoms with E-state index in [1.165, 1.54) is 70.6 Å². The van der Waals surface area contributed by atoms with Crippen LogP contribution in [0.4, 0.5) is 0 Å². The number of unbranched alkanes of at least 4 members (excludes halogenated alkanes) is 21. The largest absolute Gasteiger partial charge is 0.462 e.